The Morgan fingerprint density at radius 3 is 2.28 bits per heavy atom. The van der Waals surface area contributed by atoms with Crippen molar-refractivity contribution < 1.29 is 34.0 Å². The van der Waals surface area contributed by atoms with Crippen molar-refractivity contribution in [1.29, 1.82) is 0 Å². The third-order valence-corrected chi connectivity index (χ3v) is 6.18. The minimum absolute atomic E-state index is 0.0220. The minimum atomic E-state index is -0.836. The van der Waals surface area contributed by atoms with Gasteiger partial charge in [-0.3, -0.25) is 9.59 Å². The zero-order chi connectivity index (χ0) is 25.8. The molecule has 1 saturated heterocycles. The summed E-state index contributed by atoms with van der Waals surface area (Å²) in [7, 11) is 4.60. The average Bonchev–Trinajstić information content (AvgIpc) is 3.16. The highest BCUT2D eigenvalue weighted by Gasteiger charge is 2.45. The summed E-state index contributed by atoms with van der Waals surface area (Å²) in [6.45, 7) is 0.209. The summed E-state index contributed by atoms with van der Waals surface area (Å²) < 4.78 is 15.9. The number of carbonyl (C=O) groups excluding carboxylic acids is 2. The first-order valence-corrected chi connectivity index (χ1v) is 11.3. The Morgan fingerprint density at radius 1 is 0.889 bits per heavy atom. The lowest BCUT2D eigenvalue weighted by Crippen LogP contribution is -2.31. The van der Waals surface area contributed by atoms with Crippen molar-refractivity contribution in [2.45, 2.75) is 12.5 Å². The smallest absolute Gasteiger partial charge is 0.295 e. The number of aliphatic hydroxyl groups is 1. The molecular formula is C28H27NO7. The number of phenolic OH excluding ortho intramolecular Hbond substituents is 1. The number of aromatic hydroxyl groups is 1. The molecule has 1 amide bonds. The molecule has 1 aliphatic heterocycles. The van der Waals surface area contributed by atoms with Gasteiger partial charge in [-0.1, -0.05) is 30.3 Å². The van der Waals surface area contributed by atoms with Crippen LogP contribution in [0.15, 0.2) is 72.3 Å². The summed E-state index contributed by atoms with van der Waals surface area (Å²) >= 11 is 0. The predicted molar refractivity (Wildman–Crippen MR) is 133 cm³/mol. The van der Waals surface area contributed by atoms with Crippen LogP contribution in [0, 0.1) is 0 Å². The Hall–Kier alpha value is -4.46. The van der Waals surface area contributed by atoms with E-state index in [1.54, 1.807) is 56.7 Å². The van der Waals surface area contributed by atoms with Crippen molar-refractivity contribution in [3.63, 3.8) is 0 Å². The van der Waals surface area contributed by atoms with E-state index in [9.17, 15) is 19.8 Å². The lowest BCUT2D eigenvalue weighted by molar-refractivity contribution is -0.139. The third-order valence-electron chi connectivity index (χ3n) is 6.18. The van der Waals surface area contributed by atoms with Crippen LogP contribution >= 0.6 is 0 Å². The molecule has 0 aromatic heterocycles. The second-order valence-corrected chi connectivity index (χ2v) is 8.26. The fraction of sp³-hybridized carbons (Fsp3) is 0.214. The zero-order valence-electron chi connectivity index (χ0n) is 20.2. The standard InChI is InChI=1S/C28H27NO7/c1-34-21-6-4-5-19(16-21)26(31)24-25(18-8-10-20(30)11-9-18)29(28(33)27(24)32)14-13-17-7-12-22(35-2)23(15-17)36-3/h4-12,15-16,25,30-31H,13-14H2,1-3H3/b26-24+. The molecule has 0 saturated carbocycles. The van der Waals surface area contributed by atoms with Gasteiger partial charge in [-0.25, -0.2) is 0 Å². The number of likely N-dealkylation sites (tertiary alicyclic amines) is 1. The van der Waals surface area contributed by atoms with E-state index in [1.807, 2.05) is 12.1 Å². The van der Waals surface area contributed by atoms with E-state index in [2.05, 4.69) is 0 Å². The number of hydrogen-bond donors (Lipinski definition) is 2. The first kappa shape index (κ1) is 24.7. The summed E-state index contributed by atoms with van der Waals surface area (Å²) in [5, 5.41) is 21.0. The molecule has 1 heterocycles. The van der Waals surface area contributed by atoms with E-state index in [-0.39, 0.29) is 23.6 Å². The van der Waals surface area contributed by atoms with Gasteiger partial charge in [0.05, 0.1) is 32.9 Å². The fourth-order valence-corrected chi connectivity index (χ4v) is 4.33. The van der Waals surface area contributed by atoms with Crippen LogP contribution in [0.2, 0.25) is 0 Å². The number of aliphatic hydroxyl groups excluding tert-OH is 1. The van der Waals surface area contributed by atoms with Crippen LogP contribution in [-0.4, -0.2) is 54.7 Å². The highest BCUT2D eigenvalue weighted by atomic mass is 16.5. The molecule has 8 heteroatoms. The van der Waals surface area contributed by atoms with Crippen LogP contribution in [-0.2, 0) is 16.0 Å². The van der Waals surface area contributed by atoms with E-state index in [0.717, 1.165) is 5.56 Å². The fourth-order valence-electron chi connectivity index (χ4n) is 4.33. The molecule has 8 nitrogen and oxygen atoms in total. The molecule has 2 N–H and O–H groups in total. The van der Waals surface area contributed by atoms with Crippen LogP contribution in [0.4, 0.5) is 0 Å². The lowest BCUT2D eigenvalue weighted by Gasteiger charge is -2.25. The Labute approximate surface area is 209 Å². The van der Waals surface area contributed by atoms with Gasteiger partial charge in [-0.15, -0.1) is 0 Å². The molecule has 3 aromatic carbocycles. The van der Waals surface area contributed by atoms with Crippen LogP contribution in [0.5, 0.6) is 23.0 Å². The molecule has 1 fully saturated rings. The summed E-state index contributed by atoms with van der Waals surface area (Å²) in [5.74, 6) is -0.0800. The van der Waals surface area contributed by atoms with Crippen molar-refractivity contribution >= 4 is 17.4 Å². The third kappa shape index (κ3) is 4.70. The van der Waals surface area contributed by atoms with E-state index in [0.29, 0.717) is 34.8 Å². The first-order chi connectivity index (χ1) is 17.4. The molecule has 0 aliphatic carbocycles. The monoisotopic (exact) mass is 489 g/mol. The number of Topliss-reactive ketones (excluding diaryl/α,β-unsaturated/α-hetero) is 1. The average molecular weight is 490 g/mol. The molecule has 0 radical (unpaired) electrons. The van der Waals surface area contributed by atoms with Gasteiger partial charge in [0.1, 0.15) is 17.3 Å². The molecule has 186 valence electrons. The van der Waals surface area contributed by atoms with E-state index >= 15 is 0 Å². The SMILES string of the molecule is COc1cccc(/C(O)=C2\C(=O)C(=O)N(CCc3ccc(OC)c(OC)c3)C2c2ccc(O)cc2)c1. The molecule has 1 aliphatic rings. The Kier molecular flexibility index (Phi) is 7.15. The zero-order valence-corrected chi connectivity index (χ0v) is 20.2. The van der Waals surface area contributed by atoms with Gasteiger partial charge in [0.15, 0.2) is 11.5 Å². The molecule has 0 spiro atoms. The number of carbonyl (C=O) groups is 2. The molecule has 3 aromatic rings. The summed E-state index contributed by atoms with van der Waals surface area (Å²) in [6.07, 6.45) is 0.432. The molecule has 36 heavy (non-hydrogen) atoms. The Balaban J connectivity index is 1.75. The number of nitrogens with zero attached hydrogens (tertiary/aromatic N) is 1. The van der Waals surface area contributed by atoms with Crippen molar-refractivity contribution in [3.8, 4) is 23.0 Å². The van der Waals surface area contributed by atoms with Crippen LogP contribution < -0.4 is 14.2 Å². The number of methoxy groups -OCH3 is 3. The predicted octanol–water partition coefficient (Wildman–Crippen LogP) is 4.08. The normalized spacial score (nSPS) is 16.8. The molecule has 4 rings (SSSR count). The molecule has 0 bridgehead atoms. The number of benzene rings is 3. The number of rotatable bonds is 8. The van der Waals surface area contributed by atoms with Gasteiger partial charge in [0, 0.05) is 12.1 Å². The van der Waals surface area contributed by atoms with Gasteiger partial charge >= 0.3 is 0 Å². The second-order valence-electron chi connectivity index (χ2n) is 8.26. The van der Waals surface area contributed by atoms with Gasteiger partial charge in [0.2, 0.25) is 0 Å². The molecule has 1 unspecified atom stereocenters. The number of phenols is 1. The maximum absolute atomic E-state index is 13.2. The number of ether oxygens (including phenoxy) is 3. The number of ketones is 1. The highest BCUT2D eigenvalue weighted by molar-refractivity contribution is 6.46. The van der Waals surface area contributed by atoms with Crippen molar-refractivity contribution in [2.75, 3.05) is 27.9 Å². The topological polar surface area (TPSA) is 106 Å². The van der Waals surface area contributed by atoms with Gasteiger partial charge in [-0.05, 0) is 53.9 Å². The highest BCUT2D eigenvalue weighted by Crippen LogP contribution is 2.40. The summed E-state index contributed by atoms with van der Waals surface area (Å²) in [6, 6.07) is 17.5. The van der Waals surface area contributed by atoms with E-state index < -0.39 is 17.7 Å². The van der Waals surface area contributed by atoms with Crippen LogP contribution in [0.25, 0.3) is 5.76 Å². The molecular weight excluding hydrogens is 462 g/mol. The van der Waals surface area contributed by atoms with E-state index in [4.69, 9.17) is 14.2 Å². The lowest BCUT2D eigenvalue weighted by atomic mass is 9.95. The number of amides is 1. The quantitative estimate of drug-likeness (QED) is 0.279. The first-order valence-electron chi connectivity index (χ1n) is 11.3. The van der Waals surface area contributed by atoms with Crippen LogP contribution in [0.3, 0.4) is 0 Å². The summed E-state index contributed by atoms with van der Waals surface area (Å²) in [4.78, 5) is 27.8. The van der Waals surface area contributed by atoms with Crippen LogP contribution in [0.1, 0.15) is 22.7 Å². The largest absolute Gasteiger partial charge is 0.508 e. The van der Waals surface area contributed by atoms with Gasteiger partial charge in [-0.2, -0.15) is 0 Å². The Bertz CT molecular complexity index is 1310. The van der Waals surface area contributed by atoms with Crippen molar-refractivity contribution in [2.24, 2.45) is 0 Å². The maximum atomic E-state index is 13.2. The Morgan fingerprint density at radius 2 is 1.61 bits per heavy atom. The van der Waals surface area contributed by atoms with Gasteiger partial charge in [0.25, 0.3) is 11.7 Å². The number of hydrogen-bond acceptors (Lipinski definition) is 7. The molecule has 1 atom stereocenters. The summed E-state index contributed by atoms with van der Waals surface area (Å²) in [5.41, 5.74) is 1.80. The van der Waals surface area contributed by atoms with E-state index in [1.165, 1.54) is 24.1 Å². The maximum Gasteiger partial charge on any atom is 0.295 e. The van der Waals surface area contributed by atoms with Crippen molar-refractivity contribution in [1.82, 2.24) is 4.90 Å². The van der Waals surface area contributed by atoms with Gasteiger partial charge < -0.3 is 29.3 Å². The minimum Gasteiger partial charge on any atom is -0.508 e. The second kappa shape index (κ2) is 10.4. The van der Waals surface area contributed by atoms with Crippen molar-refractivity contribution in [3.05, 3.63) is 89.0 Å².